The largest absolute Gasteiger partial charge is 0.366 e. The molecule has 0 radical (unpaired) electrons. The molecule has 0 saturated heterocycles. The van der Waals surface area contributed by atoms with Crippen LogP contribution in [0.1, 0.15) is 20.7 Å². The van der Waals surface area contributed by atoms with E-state index < -0.39 is 21.8 Å². The molecular formula is C38H30N2O2P2. The molecule has 0 aliphatic carbocycles. The first-order valence-electron chi connectivity index (χ1n) is 14.3. The van der Waals surface area contributed by atoms with Gasteiger partial charge in [-0.25, -0.2) is 0 Å². The van der Waals surface area contributed by atoms with Crippen molar-refractivity contribution in [2.75, 3.05) is 5.32 Å². The predicted octanol–water partition coefficient (Wildman–Crippen LogP) is 5.55. The Morgan fingerprint density at radius 2 is 0.864 bits per heavy atom. The molecule has 2 amide bonds. The topological polar surface area (TPSA) is 72.2 Å². The van der Waals surface area contributed by atoms with Gasteiger partial charge >= 0.3 is 0 Å². The monoisotopic (exact) mass is 608 g/mol. The molecular weight excluding hydrogens is 578 g/mol. The number of hydrogen-bond donors (Lipinski definition) is 2. The van der Waals surface area contributed by atoms with Crippen LogP contribution in [0, 0.1) is 0 Å². The lowest BCUT2D eigenvalue weighted by Gasteiger charge is -2.25. The van der Waals surface area contributed by atoms with E-state index in [0.717, 1.165) is 31.8 Å². The molecule has 0 aliphatic heterocycles. The van der Waals surface area contributed by atoms with E-state index >= 15 is 0 Å². The molecule has 4 nitrogen and oxygen atoms in total. The number of carbonyl (C=O) groups excluding carboxylic acids is 2. The molecule has 0 aromatic heterocycles. The van der Waals surface area contributed by atoms with Crippen molar-refractivity contribution < 1.29 is 9.59 Å². The number of nitrogens with two attached hydrogens (primary N) is 1. The van der Waals surface area contributed by atoms with Gasteiger partial charge in [0.25, 0.3) is 5.91 Å². The van der Waals surface area contributed by atoms with Gasteiger partial charge < -0.3 is 11.1 Å². The molecule has 6 rings (SSSR count). The first kappa shape index (κ1) is 29.2. The van der Waals surface area contributed by atoms with E-state index in [4.69, 9.17) is 5.73 Å². The summed E-state index contributed by atoms with van der Waals surface area (Å²) in [5.41, 5.74) is 7.53. The third-order valence-corrected chi connectivity index (χ3v) is 12.3. The second-order valence-electron chi connectivity index (χ2n) is 10.1. The summed E-state index contributed by atoms with van der Waals surface area (Å²) in [4.78, 5) is 27.2. The average Bonchev–Trinajstić information content (AvgIpc) is 3.08. The van der Waals surface area contributed by atoms with Crippen LogP contribution in [0.25, 0.3) is 0 Å². The second-order valence-corrected chi connectivity index (χ2v) is 14.4. The highest BCUT2D eigenvalue weighted by atomic mass is 31.1. The quantitative estimate of drug-likeness (QED) is 0.211. The summed E-state index contributed by atoms with van der Waals surface area (Å²) in [6, 6.07) is 53.9. The van der Waals surface area contributed by atoms with Gasteiger partial charge in [0, 0.05) is 16.4 Å². The van der Waals surface area contributed by atoms with E-state index in [-0.39, 0.29) is 5.91 Å². The molecule has 214 valence electrons. The van der Waals surface area contributed by atoms with Crippen LogP contribution in [0.15, 0.2) is 164 Å². The minimum Gasteiger partial charge on any atom is -0.366 e. The van der Waals surface area contributed by atoms with Gasteiger partial charge in [0.05, 0.1) is 5.69 Å². The van der Waals surface area contributed by atoms with Gasteiger partial charge in [-0.05, 0) is 60.6 Å². The maximum Gasteiger partial charge on any atom is 0.256 e. The maximum atomic E-state index is 14.3. The highest BCUT2D eigenvalue weighted by molar-refractivity contribution is 7.80. The van der Waals surface area contributed by atoms with Gasteiger partial charge in [-0.2, -0.15) is 0 Å². The van der Waals surface area contributed by atoms with E-state index in [1.165, 1.54) is 0 Å². The van der Waals surface area contributed by atoms with Crippen molar-refractivity contribution in [2.45, 2.75) is 0 Å². The summed E-state index contributed by atoms with van der Waals surface area (Å²) in [6.45, 7) is 0. The SMILES string of the molecule is NC(=O)c1cccc(NC(=O)c2ccccc2P(c2ccccc2)c2ccccc2)c1P(c1ccccc1)c1ccccc1. The zero-order valence-corrected chi connectivity index (χ0v) is 25.7. The van der Waals surface area contributed by atoms with Crippen LogP contribution in [-0.4, -0.2) is 11.8 Å². The van der Waals surface area contributed by atoms with Crippen LogP contribution in [0.3, 0.4) is 0 Å². The summed E-state index contributed by atoms with van der Waals surface area (Å²) >= 11 is 0. The van der Waals surface area contributed by atoms with Crippen molar-refractivity contribution >= 4 is 65.2 Å². The van der Waals surface area contributed by atoms with Crippen molar-refractivity contribution in [3.63, 3.8) is 0 Å². The first-order valence-corrected chi connectivity index (χ1v) is 16.9. The number of benzene rings is 6. The van der Waals surface area contributed by atoms with Gasteiger partial charge in [0.2, 0.25) is 5.91 Å². The Morgan fingerprint density at radius 1 is 0.455 bits per heavy atom. The van der Waals surface area contributed by atoms with Crippen molar-refractivity contribution in [2.24, 2.45) is 5.73 Å². The highest BCUT2D eigenvalue weighted by Crippen LogP contribution is 2.38. The summed E-state index contributed by atoms with van der Waals surface area (Å²) in [6.07, 6.45) is 0. The fraction of sp³-hybridized carbons (Fsp3) is 0. The minimum absolute atomic E-state index is 0.237. The Morgan fingerprint density at radius 3 is 1.34 bits per heavy atom. The third-order valence-electron chi connectivity index (χ3n) is 7.22. The van der Waals surface area contributed by atoms with Crippen molar-refractivity contribution in [1.29, 1.82) is 0 Å². The molecule has 6 heteroatoms. The predicted molar refractivity (Wildman–Crippen MR) is 187 cm³/mol. The minimum atomic E-state index is -1.22. The second kappa shape index (κ2) is 13.6. The lowest BCUT2D eigenvalue weighted by atomic mass is 10.1. The standard InChI is InChI=1S/C38H30N2O2P2/c39-37(41)33-25-15-26-34(36(33)44(30-20-9-3-10-21-30)31-22-11-4-12-23-31)40-38(42)32-24-13-14-27-35(32)43(28-16-5-1-6-17-28)29-18-7-2-8-19-29/h1-27H,(H2,39,41)(H,40,42). The number of amides is 2. The van der Waals surface area contributed by atoms with E-state index in [1.807, 2.05) is 103 Å². The van der Waals surface area contributed by atoms with Crippen LogP contribution in [0.2, 0.25) is 0 Å². The fourth-order valence-corrected chi connectivity index (χ4v) is 10.3. The highest BCUT2D eigenvalue weighted by Gasteiger charge is 2.27. The summed E-state index contributed by atoms with van der Waals surface area (Å²) < 4.78 is 0. The summed E-state index contributed by atoms with van der Waals surface area (Å²) in [7, 11) is -2.24. The molecule has 0 spiro atoms. The van der Waals surface area contributed by atoms with Gasteiger partial charge in [-0.1, -0.05) is 146 Å². The number of anilines is 1. The van der Waals surface area contributed by atoms with E-state index in [0.29, 0.717) is 16.8 Å². The van der Waals surface area contributed by atoms with Crippen molar-refractivity contribution in [3.05, 3.63) is 175 Å². The van der Waals surface area contributed by atoms with Crippen molar-refractivity contribution in [1.82, 2.24) is 0 Å². The number of rotatable bonds is 9. The molecule has 0 atom stereocenters. The Labute approximate surface area is 260 Å². The van der Waals surface area contributed by atoms with E-state index in [9.17, 15) is 9.59 Å². The molecule has 0 unspecified atom stereocenters. The smallest absolute Gasteiger partial charge is 0.256 e. The zero-order valence-electron chi connectivity index (χ0n) is 23.9. The molecule has 3 N–H and O–H groups in total. The Balaban J connectivity index is 1.48. The van der Waals surface area contributed by atoms with Crippen LogP contribution >= 0.6 is 15.8 Å². The van der Waals surface area contributed by atoms with Gasteiger partial charge in [-0.3, -0.25) is 9.59 Å². The van der Waals surface area contributed by atoms with Crippen LogP contribution in [-0.2, 0) is 0 Å². The molecule has 0 saturated carbocycles. The van der Waals surface area contributed by atoms with Crippen molar-refractivity contribution in [3.8, 4) is 0 Å². The van der Waals surface area contributed by atoms with Gasteiger partial charge in [-0.15, -0.1) is 0 Å². The molecule has 6 aromatic rings. The Kier molecular flexibility index (Phi) is 9.03. The van der Waals surface area contributed by atoms with E-state index in [1.54, 1.807) is 12.1 Å². The number of carbonyl (C=O) groups is 2. The zero-order chi connectivity index (χ0) is 30.3. The summed E-state index contributed by atoms with van der Waals surface area (Å²) in [5.74, 6) is -0.772. The first-order chi connectivity index (χ1) is 21.6. The molecule has 0 fully saturated rings. The lowest BCUT2D eigenvalue weighted by Crippen LogP contribution is -2.32. The molecule has 0 bridgehead atoms. The summed E-state index contributed by atoms with van der Waals surface area (Å²) in [5, 5.41) is 9.32. The molecule has 0 aliphatic rings. The van der Waals surface area contributed by atoms with Crippen LogP contribution in [0.4, 0.5) is 5.69 Å². The van der Waals surface area contributed by atoms with Gasteiger partial charge in [0.15, 0.2) is 0 Å². The fourth-order valence-electron chi connectivity index (χ4n) is 5.28. The maximum absolute atomic E-state index is 14.3. The Hall–Kier alpha value is -4.88. The molecule has 6 aromatic carbocycles. The normalized spacial score (nSPS) is 11.0. The Bertz CT molecular complexity index is 1800. The third kappa shape index (κ3) is 6.24. The average molecular weight is 609 g/mol. The lowest BCUT2D eigenvalue weighted by molar-refractivity contribution is 0.0997. The number of nitrogens with one attached hydrogen (secondary N) is 1. The molecule has 0 heterocycles. The number of hydrogen-bond acceptors (Lipinski definition) is 2. The van der Waals surface area contributed by atoms with Crippen LogP contribution in [0.5, 0.6) is 0 Å². The number of primary amides is 1. The molecule has 44 heavy (non-hydrogen) atoms. The van der Waals surface area contributed by atoms with Crippen LogP contribution < -0.4 is 42.9 Å². The van der Waals surface area contributed by atoms with E-state index in [2.05, 4.69) is 53.8 Å². The van der Waals surface area contributed by atoms with Gasteiger partial charge in [0.1, 0.15) is 0 Å².